The van der Waals surface area contributed by atoms with Crippen molar-refractivity contribution in [1.29, 1.82) is 0 Å². The van der Waals surface area contributed by atoms with E-state index >= 15 is 0 Å². The lowest BCUT2D eigenvalue weighted by atomic mass is 10.2. The molecule has 0 radical (unpaired) electrons. The first kappa shape index (κ1) is 11.3. The van der Waals surface area contributed by atoms with Crippen LogP contribution < -0.4 is 0 Å². The predicted octanol–water partition coefficient (Wildman–Crippen LogP) is 2.20. The summed E-state index contributed by atoms with van der Waals surface area (Å²) in [5.74, 6) is 0. The molecule has 14 heavy (non-hydrogen) atoms. The van der Waals surface area contributed by atoms with Crippen LogP contribution in [0, 0.1) is 0 Å². The lowest BCUT2D eigenvalue weighted by Gasteiger charge is -2.13. The highest BCUT2D eigenvalue weighted by Crippen LogP contribution is 2.22. The van der Waals surface area contributed by atoms with Gasteiger partial charge in [-0.05, 0) is 12.1 Å². The summed E-state index contributed by atoms with van der Waals surface area (Å²) in [5, 5.41) is 8.83. The maximum atomic E-state index is 11.9. The molecule has 0 unspecified atom stereocenters. The largest absolute Gasteiger partial charge is 0.414 e. The number of pyridine rings is 1. The third-order valence-corrected chi connectivity index (χ3v) is 1.76. The van der Waals surface area contributed by atoms with Crippen molar-refractivity contribution in [2.24, 2.45) is 0 Å². The maximum Gasteiger partial charge on any atom is 0.414 e. The molecule has 1 aromatic heterocycles. The van der Waals surface area contributed by atoms with Gasteiger partial charge < -0.3 is 5.11 Å². The van der Waals surface area contributed by atoms with E-state index in [0.717, 1.165) is 0 Å². The number of hydrogen-bond acceptors (Lipinski definition) is 2. The molecule has 1 rings (SSSR count). The first-order valence-corrected chi connectivity index (χ1v) is 4.13. The van der Waals surface area contributed by atoms with Gasteiger partial charge in [0.25, 0.3) is 0 Å². The number of halogens is 4. The first-order valence-electron chi connectivity index (χ1n) is 3.76. The van der Waals surface area contributed by atoms with Crippen LogP contribution in [0.2, 0.25) is 5.15 Å². The lowest BCUT2D eigenvalue weighted by molar-refractivity contribution is -0.203. The molecule has 0 saturated carbocycles. The minimum Gasteiger partial charge on any atom is -0.383 e. The minimum absolute atomic E-state index is 0.108. The first-order chi connectivity index (χ1) is 6.39. The number of hydrogen-bond donors (Lipinski definition) is 1. The van der Waals surface area contributed by atoms with Gasteiger partial charge in [0.05, 0.1) is 0 Å². The number of rotatable bonds is 2. The van der Waals surface area contributed by atoms with Crippen LogP contribution in [0.25, 0.3) is 0 Å². The van der Waals surface area contributed by atoms with E-state index in [-0.39, 0.29) is 10.8 Å². The van der Waals surface area contributed by atoms with E-state index in [4.69, 9.17) is 16.7 Å². The van der Waals surface area contributed by atoms with Gasteiger partial charge in [-0.3, -0.25) is 0 Å². The van der Waals surface area contributed by atoms with E-state index in [2.05, 4.69) is 4.98 Å². The van der Waals surface area contributed by atoms with Gasteiger partial charge in [-0.1, -0.05) is 17.7 Å². The third-order valence-electron chi connectivity index (χ3n) is 1.55. The Morgan fingerprint density at radius 1 is 1.43 bits per heavy atom. The Kier molecular flexibility index (Phi) is 3.34. The van der Waals surface area contributed by atoms with Crippen LogP contribution in [-0.4, -0.2) is 22.4 Å². The predicted molar refractivity (Wildman–Crippen MR) is 45.0 cm³/mol. The van der Waals surface area contributed by atoms with Gasteiger partial charge in [0.2, 0.25) is 0 Å². The lowest BCUT2D eigenvalue weighted by Crippen LogP contribution is -2.30. The Bertz CT molecular complexity index is 316. The van der Waals surface area contributed by atoms with Crippen molar-refractivity contribution in [3.05, 3.63) is 29.0 Å². The fourth-order valence-corrected chi connectivity index (χ4v) is 1.06. The quantitative estimate of drug-likeness (QED) is 0.783. The molecule has 1 N–H and O–H groups in total. The number of aromatic nitrogens is 1. The van der Waals surface area contributed by atoms with Crippen LogP contribution >= 0.6 is 11.6 Å². The van der Waals surface area contributed by atoms with Crippen LogP contribution in [0.5, 0.6) is 0 Å². The second kappa shape index (κ2) is 4.14. The van der Waals surface area contributed by atoms with E-state index in [1.807, 2.05) is 0 Å². The van der Waals surface area contributed by atoms with Crippen molar-refractivity contribution >= 4 is 11.6 Å². The van der Waals surface area contributed by atoms with Crippen molar-refractivity contribution in [3.8, 4) is 0 Å². The summed E-state index contributed by atoms with van der Waals surface area (Å²) in [4.78, 5) is 3.63. The Balaban J connectivity index is 2.70. The molecule has 2 nitrogen and oxygen atoms in total. The SMILES string of the molecule is O[C@@H](Cc1cccc(Cl)n1)C(F)(F)F. The summed E-state index contributed by atoms with van der Waals surface area (Å²) in [6.45, 7) is 0. The number of aliphatic hydroxyl groups excluding tert-OH is 1. The fraction of sp³-hybridized carbons (Fsp3) is 0.375. The number of nitrogens with zero attached hydrogens (tertiary/aromatic N) is 1. The van der Waals surface area contributed by atoms with Gasteiger partial charge in [0.15, 0.2) is 6.10 Å². The summed E-state index contributed by atoms with van der Waals surface area (Å²) in [6.07, 6.45) is -7.60. The van der Waals surface area contributed by atoms with Crippen molar-refractivity contribution in [3.63, 3.8) is 0 Å². The number of aliphatic hydroxyl groups is 1. The van der Waals surface area contributed by atoms with Gasteiger partial charge in [-0.15, -0.1) is 0 Å². The molecular weight excluding hydrogens is 219 g/mol. The van der Waals surface area contributed by atoms with Gasteiger partial charge in [0.1, 0.15) is 5.15 Å². The monoisotopic (exact) mass is 225 g/mol. The molecule has 0 saturated heterocycles. The van der Waals surface area contributed by atoms with Crippen LogP contribution in [0.4, 0.5) is 13.2 Å². The molecule has 0 bridgehead atoms. The molecule has 0 amide bonds. The van der Waals surface area contributed by atoms with Crippen molar-refractivity contribution in [2.45, 2.75) is 18.7 Å². The Morgan fingerprint density at radius 2 is 2.07 bits per heavy atom. The standard InChI is InChI=1S/C8H7ClF3NO/c9-7-3-1-2-5(13-7)4-6(14)8(10,11)12/h1-3,6,14H,4H2/t6-/m0/s1. The zero-order valence-corrected chi connectivity index (χ0v) is 7.68. The van der Waals surface area contributed by atoms with Gasteiger partial charge >= 0.3 is 6.18 Å². The van der Waals surface area contributed by atoms with E-state index < -0.39 is 18.7 Å². The summed E-state index contributed by atoms with van der Waals surface area (Å²) in [5.41, 5.74) is 0.113. The van der Waals surface area contributed by atoms with Crippen LogP contribution in [0.1, 0.15) is 5.69 Å². The van der Waals surface area contributed by atoms with E-state index in [0.29, 0.717) is 0 Å². The molecule has 6 heteroatoms. The molecule has 1 heterocycles. The number of alkyl halides is 3. The molecule has 0 aromatic carbocycles. The Labute approximate surface area is 83.3 Å². The molecule has 1 aromatic rings. The van der Waals surface area contributed by atoms with Crippen LogP contribution in [0.3, 0.4) is 0 Å². The van der Waals surface area contributed by atoms with E-state index in [1.54, 1.807) is 0 Å². The smallest absolute Gasteiger partial charge is 0.383 e. The zero-order chi connectivity index (χ0) is 10.8. The third kappa shape index (κ3) is 3.16. The summed E-state index contributed by atoms with van der Waals surface area (Å²) >= 11 is 5.47. The van der Waals surface area contributed by atoms with Gasteiger partial charge in [0, 0.05) is 12.1 Å². The second-order valence-corrected chi connectivity index (χ2v) is 3.10. The molecular formula is C8H7ClF3NO. The molecule has 0 aliphatic heterocycles. The average Bonchev–Trinajstić information content (AvgIpc) is 2.02. The van der Waals surface area contributed by atoms with Crippen molar-refractivity contribution in [2.75, 3.05) is 0 Å². The molecule has 78 valence electrons. The Morgan fingerprint density at radius 3 is 2.57 bits per heavy atom. The summed E-state index contributed by atoms with van der Waals surface area (Å²) in [7, 11) is 0. The molecule has 1 atom stereocenters. The normalized spacial score (nSPS) is 14.1. The van der Waals surface area contributed by atoms with Gasteiger partial charge in [-0.2, -0.15) is 13.2 Å². The second-order valence-electron chi connectivity index (χ2n) is 2.71. The highest BCUT2D eigenvalue weighted by molar-refractivity contribution is 6.29. The highest BCUT2D eigenvalue weighted by Gasteiger charge is 2.38. The van der Waals surface area contributed by atoms with Gasteiger partial charge in [-0.25, -0.2) is 4.98 Å². The van der Waals surface area contributed by atoms with E-state index in [1.165, 1.54) is 18.2 Å². The van der Waals surface area contributed by atoms with Crippen molar-refractivity contribution in [1.82, 2.24) is 4.98 Å². The minimum atomic E-state index is -4.62. The zero-order valence-electron chi connectivity index (χ0n) is 6.92. The van der Waals surface area contributed by atoms with Crippen LogP contribution in [-0.2, 0) is 6.42 Å². The maximum absolute atomic E-state index is 11.9. The topological polar surface area (TPSA) is 33.1 Å². The average molecular weight is 226 g/mol. The molecule has 0 fully saturated rings. The Hall–Kier alpha value is -0.810. The molecule has 0 spiro atoms. The highest BCUT2D eigenvalue weighted by atomic mass is 35.5. The fourth-order valence-electron chi connectivity index (χ4n) is 0.878. The van der Waals surface area contributed by atoms with Crippen LogP contribution in [0.15, 0.2) is 18.2 Å². The molecule has 0 aliphatic rings. The summed E-state index contributed by atoms with van der Waals surface area (Å²) < 4.78 is 35.8. The summed E-state index contributed by atoms with van der Waals surface area (Å²) in [6, 6.07) is 4.31. The van der Waals surface area contributed by atoms with E-state index in [9.17, 15) is 13.2 Å². The molecule has 0 aliphatic carbocycles. The van der Waals surface area contributed by atoms with Crippen molar-refractivity contribution < 1.29 is 18.3 Å².